The molecule has 1 aromatic rings. The molecule has 6 heteroatoms. The van der Waals surface area contributed by atoms with Crippen molar-refractivity contribution in [2.45, 2.75) is 38.5 Å². The topological polar surface area (TPSA) is 62.6 Å². The second-order valence-electron chi connectivity index (χ2n) is 7.23. The SMILES string of the molecule is Cn1ccc(C(=O)N2CCN(C(=O)CCC3CCCC3)CC2)cc1=O. The molecule has 0 atom stereocenters. The van der Waals surface area contributed by atoms with Crippen molar-refractivity contribution in [1.82, 2.24) is 14.4 Å². The van der Waals surface area contributed by atoms with Gasteiger partial charge < -0.3 is 14.4 Å². The van der Waals surface area contributed by atoms with Crippen molar-refractivity contribution in [1.29, 1.82) is 0 Å². The van der Waals surface area contributed by atoms with Gasteiger partial charge in [0.2, 0.25) is 5.91 Å². The van der Waals surface area contributed by atoms with Crippen molar-refractivity contribution in [2.75, 3.05) is 26.2 Å². The average molecular weight is 345 g/mol. The van der Waals surface area contributed by atoms with Crippen LogP contribution >= 0.6 is 0 Å². The minimum absolute atomic E-state index is 0.129. The molecule has 0 unspecified atom stereocenters. The van der Waals surface area contributed by atoms with Crippen molar-refractivity contribution < 1.29 is 9.59 Å². The summed E-state index contributed by atoms with van der Waals surface area (Å²) in [6.07, 6.45) is 8.40. The van der Waals surface area contributed by atoms with Gasteiger partial charge in [0, 0.05) is 57.5 Å². The highest BCUT2D eigenvalue weighted by Gasteiger charge is 2.25. The number of rotatable bonds is 4. The number of aryl methyl sites for hydroxylation is 1. The summed E-state index contributed by atoms with van der Waals surface area (Å²) < 4.78 is 1.44. The summed E-state index contributed by atoms with van der Waals surface area (Å²) in [6, 6.07) is 3.05. The summed E-state index contributed by atoms with van der Waals surface area (Å²) in [5.74, 6) is 0.816. The largest absolute Gasteiger partial charge is 0.339 e. The van der Waals surface area contributed by atoms with E-state index in [0.717, 1.165) is 12.3 Å². The number of hydrogen-bond donors (Lipinski definition) is 0. The number of carbonyl (C=O) groups is 2. The van der Waals surface area contributed by atoms with Crippen molar-refractivity contribution >= 4 is 11.8 Å². The van der Waals surface area contributed by atoms with Gasteiger partial charge in [0.15, 0.2) is 0 Å². The van der Waals surface area contributed by atoms with E-state index >= 15 is 0 Å². The van der Waals surface area contributed by atoms with Crippen LogP contribution in [0.4, 0.5) is 0 Å². The van der Waals surface area contributed by atoms with Crippen LogP contribution in [0.2, 0.25) is 0 Å². The first kappa shape index (κ1) is 17.7. The smallest absolute Gasteiger partial charge is 0.254 e. The zero-order chi connectivity index (χ0) is 17.8. The summed E-state index contributed by atoms with van der Waals surface area (Å²) in [5.41, 5.74) is 0.232. The first-order valence-corrected chi connectivity index (χ1v) is 9.28. The molecule has 0 spiro atoms. The van der Waals surface area contributed by atoms with E-state index in [2.05, 4.69) is 0 Å². The number of pyridine rings is 1. The van der Waals surface area contributed by atoms with Crippen LogP contribution in [-0.4, -0.2) is 52.4 Å². The average Bonchev–Trinajstić information content (AvgIpc) is 3.15. The van der Waals surface area contributed by atoms with E-state index in [9.17, 15) is 14.4 Å². The monoisotopic (exact) mass is 345 g/mol. The third-order valence-corrected chi connectivity index (χ3v) is 5.51. The third kappa shape index (κ3) is 4.30. The summed E-state index contributed by atoms with van der Waals surface area (Å²) in [6.45, 7) is 2.23. The summed E-state index contributed by atoms with van der Waals surface area (Å²) in [5, 5.41) is 0. The van der Waals surface area contributed by atoms with Crippen LogP contribution in [0.5, 0.6) is 0 Å². The Kier molecular flexibility index (Phi) is 5.56. The Bertz CT molecular complexity index is 683. The Labute approximate surface area is 148 Å². The van der Waals surface area contributed by atoms with E-state index in [1.165, 1.54) is 36.3 Å². The fraction of sp³-hybridized carbons (Fsp3) is 0.632. The van der Waals surface area contributed by atoms with Gasteiger partial charge >= 0.3 is 0 Å². The van der Waals surface area contributed by atoms with Crippen LogP contribution in [0.15, 0.2) is 23.1 Å². The van der Waals surface area contributed by atoms with Crippen LogP contribution < -0.4 is 5.56 Å². The lowest BCUT2D eigenvalue weighted by Crippen LogP contribution is -2.50. The van der Waals surface area contributed by atoms with E-state index in [4.69, 9.17) is 0 Å². The number of aromatic nitrogens is 1. The maximum absolute atomic E-state index is 12.5. The number of carbonyl (C=O) groups excluding carboxylic acids is 2. The normalized spacial score (nSPS) is 18.6. The van der Waals surface area contributed by atoms with Crippen LogP contribution in [0, 0.1) is 5.92 Å². The Morgan fingerprint density at radius 3 is 2.36 bits per heavy atom. The first-order chi connectivity index (χ1) is 12.0. The maximum Gasteiger partial charge on any atom is 0.254 e. The van der Waals surface area contributed by atoms with Gasteiger partial charge in [-0.2, -0.15) is 0 Å². The molecule has 0 aromatic carbocycles. The van der Waals surface area contributed by atoms with Gasteiger partial charge in [-0.05, 0) is 18.4 Å². The van der Waals surface area contributed by atoms with Gasteiger partial charge in [0.25, 0.3) is 11.5 Å². The molecule has 1 saturated heterocycles. The molecule has 1 saturated carbocycles. The Balaban J connectivity index is 1.48. The van der Waals surface area contributed by atoms with Gasteiger partial charge in [-0.25, -0.2) is 0 Å². The van der Waals surface area contributed by atoms with Gasteiger partial charge in [0.1, 0.15) is 0 Å². The van der Waals surface area contributed by atoms with E-state index in [0.29, 0.717) is 38.2 Å². The zero-order valence-electron chi connectivity index (χ0n) is 14.9. The Morgan fingerprint density at radius 2 is 1.72 bits per heavy atom. The quantitative estimate of drug-likeness (QED) is 0.833. The molecular weight excluding hydrogens is 318 g/mol. The van der Waals surface area contributed by atoms with Crippen molar-refractivity contribution in [3.05, 3.63) is 34.2 Å². The second kappa shape index (κ2) is 7.85. The Hall–Kier alpha value is -2.11. The lowest BCUT2D eigenvalue weighted by Gasteiger charge is -2.35. The predicted molar refractivity (Wildman–Crippen MR) is 95.4 cm³/mol. The highest BCUT2D eigenvalue weighted by Crippen LogP contribution is 2.28. The first-order valence-electron chi connectivity index (χ1n) is 9.28. The number of nitrogens with zero attached hydrogens (tertiary/aromatic N) is 3. The van der Waals surface area contributed by atoms with Crippen molar-refractivity contribution in [3.63, 3.8) is 0 Å². The van der Waals surface area contributed by atoms with Crippen LogP contribution in [0.25, 0.3) is 0 Å². The number of piperazine rings is 1. The molecule has 2 fully saturated rings. The molecule has 3 rings (SSSR count). The molecule has 6 nitrogen and oxygen atoms in total. The molecule has 1 aliphatic heterocycles. The van der Waals surface area contributed by atoms with Gasteiger partial charge in [-0.1, -0.05) is 25.7 Å². The van der Waals surface area contributed by atoms with Crippen LogP contribution in [-0.2, 0) is 11.8 Å². The third-order valence-electron chi connectivity index (χ3n) is 5.51. The van der Waals surface area contributed by atoms with Crippen molar-refractivity contribution in [3.8, 4) is 0 Å². The fourth-order valence-corrected chi connectivity index (χ4v) is 3.81. The number of amides is 2. The molecule has 0 bridgehead atoms. The standard InChI is InChI=1S/C19H27N3O3/c1-20-9-8-16(14-18(20)24)19(25)22-12-10-21(11-13-22)17(23)7-6-15-4-2-3-5-15/h8-9,14-15H,2-7,10-13H2,1H3. The summed E-state index contributed by atoms with van der Waals surface area (Å²) >= 11 is 0. The molecule has 0 N–H and O–H groups in total. The molecule has 2 heterocycles. The molecule has 0 radical (unpaired) electrons. The van der Waals surface area contributed by atoms with E-state index < -0.39 is 0 Å². The molecule has 2 aliphatic rings. The molecular formula is C19H27N3O3. The highest BCUT2D eigenvalue weighted by atomic mass is 16.2. The highest BCUT2D eigenvalue weighted by molar-refractivity contribution is 5.94. The number of hydrogen-bond acceptors (Lipinski definition) is 3. The minimum Gasteiger partial charge on any atom is -0.339 e. The predicted octanol–water partition coefficient (Wildman–Crippen LogP) is 1.64. The fourth-order valence-electron chi connectivity index (χ4n) is 3.81. The molecule has 25 heavy (non-hydrogen) atoms. The lowest BCUT2D eigenvalue weighted by molar-refractivity contribution is -0.133. The van der Waals surface area contributed by atoms with Crippen LogP contribution in [0.3, 0.4) is 0 Å². The van der Waals surface area contributed by atoms with Crippen molar-refractivity contribution in [2.24, 2.45) is 13.0 Å². The van der Waals surface area contributed by atoms with E-state index in [1.807, 2.05) is 4.90 Å². The lowest BCUT2D eigenvalue weighted by atomic mass is 10.0. The maximum atomic E-state index is 12.5. The zero-order valence-corrected chi connectivity index (χ0v) is 14.9. The van der Waals surface area contributed by atoms with E-state index in [-0.39, 0.29) is 17.4 Å². The molecule has 2 amide bonds. The molecule has 136 valence electrons. The Morgan fingerprint density at radius 1 is 1.08 bits per heavy atom. The minimum atomic E-state index is -0.188. The van der Waals surface area contributed by atoms with E-state index in [1.54, 1.807) is 24.2 Å². The van der Waals surface area contributed by atoms with Gasteiger partial charge in [0.05, 0.1) is 0 Å². The summed E-state index contributed by atoms with van der Waals surface area (Å²) in [4.78, 5) is 40.2. The van der Waals surface area contributed by atoms with Gasteiger partial charge in [-0.3, -0.25) is 14.4 Å². The van der Waals surface area contributed by atoms with Gasteiger partial charge in [-0.15, -0.1) is 0 Å². The summed E-state index contributed by atoms with van der Waals surface area (Å²) in [7, 11) is 1.66. The molecule has 1 aliphatic carbocycles. The van der Waals surface area contributed by atoms with Crippen LogP contribution in [0.1, 0.15) is 48.9 Å². The second-order valence-corrected chi connectivity index (χ2v) is 7.23. The molecule has 1 aromatic heterocycles.